The van der Waals surface area contributed by atoms with E-state index >= 15 is 0 Å². The fraction of sp³-hybridized carbons (Fsp3) is 0.647. The van der Waals surface area contributed by atoms with Crippen LogP contribution in [0.1, 0.15) is 74.5 Å². The number of rotatable bonds is 11. The highest BCUT2D eigenvalue weighted by Gasteiger charge is 2.66. The SMILES string of the molecule is COc1cc(O)c2c3c1O[C@H]1[C@H](N(C)CCCCCCc4ccccc4)CC[C@H]4[C@@H](C2)N(CC2CC2)CC[C@@]341. The number of hydrogen-bond donors (Lipinski definition) is 1. The third-order valence-electron chi connectivity index (χ3n) is 11.0. The number of likely N-dealkylation sites (tertiary alicyclic amines) is 1. The number of phenolic OH excluding ortho intramolecular Hbond substituents is 1. The van der Waals surface area contributed by atoms with Crippen LogP contribution < -0.4 is 9.47 Å². The van der Waals surface area contributed by atoms with Gasteiger partial charge in [0.05, 0.1) is 7.11 Å². The van der Waals surface area contributed by atoms with Crippen LogP contribution in [0.2, 0.25) is 0 Å². The van der Waals surface area contributed by atoms with Crippen LogP contribution in [-0.4, -0.2) is 66.9 Å². The summed E-state index contributed by atoms with van der Waals surface area (Å²) in [5.41, 5.74) is 3.93. The summed E-state index contributed by atoms with van der Waals surface area (Å²) in [6.07, 6.45) is 13.8. The number of aromatic hydroxyl groups is 1. The van der Waals surface area contributed by atoms with E-state index in [1.807, 2.05) is 6.07 Å². The smallest absolute Gasteiger partial charge is 0.166 e. The predicted molar refractivity (Wildman–Crippen MR) is 155 cm³/mol. The number of methoxy groups -OCH3 is 1. The fourth-order valence-electron chi connectivity index (χ4n) is 8.97. The molecule has 3 fully saturated rings. The van der Waals surface area contributed by atoms with E-state index in [1.165, 1.54) is 75.5 Å². The van der Waals surface area contributed by atoms with Crippen LogP contribution in [0.5, 0.6) is 17.2 Å². The van der Waals surface area contributed by atoms with E-state index < -0.39 is 0 Å². The lowest BCUT2D eigenvalue weighted by molar-refractivity contribution is -0.0857. The van der Waals surface area contributed by atoms with Gasteiger partial charge >= 0.3 is 0 Å². The molecule has 0 radical (unpaired) electrons. The molecule has 2 saturated carbocycles. The van der Waals surface area contributed by atoms with Gasteiger partial charge in [-0.3, -0.25) is 9.80 Å². The van der Waals surface area contributed by atoms with Crippen molar-refractivity contribution in [2.75, 3.05) is 33.8 Å². The third kappa shape index (κ3) is 4.35. The average molecular weight is 531 g/mol. The first-order valence-corrected chi connectivity index (χ1v) is 15.7. The summed E-state index contributed by atoms with van der Waals surface area (Å²) in [7, 11) is 4.04. The molecule has 1 spiro atoms. The number of hydrogen-bond acceptors (Lipinski definition) is 5. The van der Waals surface area contributed by atoms with Crippen LogP contribution in [-0.2, 0) is 18.3 Å². The van der Waals surface area contributed by atoms with Crippen LogP contribution in [0.15, 0.2) is 36.4 Å². The van der Waals surface area contributed by atoms with E-state index in [0.717, 1.165) is 43.2 Å². The zero-order valence-corrected chi connectivity index (χ0v) is 23.9. The lowest BCUT2D eigenvalue weighted by Crippen LogP contribution is -2.68. The van der Waals surface area contributed by atoms with Crippen LogP contribution >= 0.6 is 0 Å². The first-order chi connectivity index (χ1) is 19.1. The standard InChI is InChI=1S/C34H46N2O3/c1-35(18-9-4-3-6-10-23-11-7-5-8-12-23)27-16-15-26-28-20-25-29(37)21-30(38-2)32-31(25)34(26,33(27)39-32)17-19-36(28)22-24-13-14-24/h5,7-8,11-12,21,24,26-28,33,37H,3-4,6,9-10,13-20,22H2,1-2H3/t26-,27+,28+,33-,34-/m0/s1. The number of likely N-dealkylation sites (N-methyl/N-ethyl adjacent to an activating group) is 1. The number of benzene rings is 2. The Balaban J connectivity index is 1.08. The Morgan fingerprint density at radius 3 is 2.69 bits per heavy atom. The zero-order valence-electron chi connectivity index (χ0n) is 23.9. The van der Waals surface area contributed by atoms with Gasteiger partial charge in [-0.05, 0) is 95.3 Å². The van der Waals surface area contributed by atoms with E-state index in [4.69, 9.17) is 9.47 Å². The van der Waals surface area contributed by atoms with Crippen LogP contribution in [0.4, 0.5) is 0 Å². The first kappa shape index (κ1) is 25.7. The molecule has 1 N–H and O–H groups in total. The molecule has 5 atom stereocenters. The second-order valence-electron chi connectivity index (χ2n) is 13.2. The predicted octanol–water partition coefficient (Wildman–Crippen LogP) is 5.95. The van der Waals surface area contributed by atoms with E-state index in [-0.39, 0.29) is 11.5 Å². The Kier molecular flexibility index (Phi) is 6.79. The normalized spacial score (nSPS) is 30.7. The van der Waals surface area contributed by atoms with Crippen molar-refractivity contribution in [2.45, 2.75) is 94.2 Å². The van der Waals surface area contributed by atoms with Gasteiger partial charge in [-0.15, -0.1) is 0 Å². The zero-order chi connectivity index (χ0) is 26.6. The summed E-state index contributed by atoms with van der Waals surface area (Å²) < 4.78 is 12.8. The molecule has 2 bridgehead atoms. The first-order valence-electron chi connectivity index (χ1n) is 15.7. The molecular weight excluding hydrogens is 484 g/mol. The number of phenols is 1. The van der Waals surface area contributed by atoms with Crippen LogP contribution in [0.3, 0.4) is 0 Å². The van der Waals surface area contributed by atoms with E-state index in [1.54, 1.807) is 7.11 Å². The molecule has 5 heteroatoms. The maximum atomic E-state index is 11.2. The molecule has 2 aromatic rings. The Hall–Kier alpha value is -2.24. The van der Waals surface area contributed by atoms with Crippen molar-refractivity contribution < 1.29 is 14.6 Å². The molecule has 2 aromatic carbocycles. The summed E-state index contributed by atoms with van der Waals surface area (Å²) in [6.45, 7) is 3.53. The lowest BCUT2D eigenvalue weighted by Gasteiger charge is -2.60. The Morgan fingerprint density at radius 2 is 1.90 bits per heavy atom. The van der Waals surface area contributed by atoms with Gasteiger partial charge in [0.15, 0.2) is 11.5 Å². The molecule has 39 heavy (non-hydrogen) atoms. The molecule has 3 aliphatic carbocycles. The van der Waals surface area contributed by atoms with Gasteiger partial charge in [-0.25, -0.2) is 0 Å². The van der Waals surface area contributed by atoms with Crippen molar-refractivity contribution in [2.24, 2.45) is 11.8 Å². The van der Waals surface area contributed by atoms with Crippen molar-refractivity contribution in [1.82, 2.24) is 9.80 Å². The van der Waals surface area contributed by atoms with Gasteiger partial charge in [-0.2, -0.15) is 0 Å². The molecule has 2 heterocycles. The Bertz CT molecular complexity index is 1180. The molecular formula is C34H46N2O3. The minimum atomic E-state index is 0.00646. The summed E-state index contributed by atoms with van der Waals surface area (Å²) in [5, 5.41) is 11.2. The summed E-state index contributed by atoms with van der Waals surface area (Å²) in [6, 6.07) is 13.6. The molecule has 1 saturated heterocycles. The maximum Gasteiger partial charge on any atom is 0.166 e. The summed E-state index contributed by atoms with van der Waals surface area (Å²) in [5.74, 6) is 3.57. The summed E-state index contributed by atoms with van der Waals surface area (Å²) >= 11 is 0. The molecule has 7 rings (SSSR count). The minimum Gasteiger partial charge on any atom is -0.508 e. The van der Waals surface area contributed by atoms with E-state index in [9.17, 15) is 5.11 Å². The van der Waals surface area contributed by atoms with Crippen molar-refractivity contribution in [3.05, 3.63) is 53.1 Å². The highest BCUT2D eigenvalue weighted by Crippen LogP contribution is 2.65. The molecule has 5 nitrogen and oxygen atoms in total. The van der Waals surface area contributed by atoms with Crippen LogP contribution in [0, 0.1) is 11.8 Å². The summed E-state index contributed by atoms with van der Waals surface area (Å²) in [4.78, 5) is 5.42. The van der Waals surface area contributed by atoms with Crippen molar-refractivity contribution in [1.29, 1.82) is 0 Å². The van der Waals surface area contributed by atoms with Gasteiger partial charge < -0.3 is 14.6 Å². The number of aryl methyl sites for hydroxylation is 1. The number of unbranched alkanes of at least 4 members (excludes halogenated alkanes) is 3. The maximum absolute atomic E-state index is 11.2. The largest absolute Gasteiger partial charge is 0.508 e. The number of ether oxygens (including phenoxy) is 2. The second kappa shape index (κ2) is 10.3. The molecule has 0 unspecified atom stereocenters. The average Bonchev–Trinajstić information content (AvgIpc) is 3.71. The van der Waals surface area contributed by atoms with Gasteiger partial charge in [0.2, 0.25) is 0 Å². The van der Waals surface area contributed by atoms with Gasteiger partial charge in [0.25, 0.3) is 0 Å². The van der Waals surface area contributed by atoms with Crippen molar-refractivity contribution in [3.63, 3.8) is 0 Å². The number of nitrogens with zero attached hydrogens (tertiary/aromatic N) is 2. The van der Waals surface area contributed by atoms with Crippen LogP contribution in [0.25, 0.3) is 0 Å². The lowest BCUT2D eigenvalue weighted by atomic mass is 9.50. The molecule has 2 aliphatic heterocycles. The fourth-order valence-corrected chi connectivity index (χ4v) is 8.97. The third-order valence-corrected chi connectivity index (χ3v) is 11.0. The second-order valence-corrected chi connectivity index (χ2v) is 13.2. The highest BCUT2D eigenvalue weighted by atomic mass is 16.5. The van der Waals surface area contributed by atoms with Gasteiger partial charge in [0.1, 0.15) is 11.9 Å². The Labute approximate surface area is 234 Å². The quantitative estimate of drug-likeness (QED) is 0.364. The monoisotopic (exact) mass is 530 g/mol. The topological polar surface area (TPSA) is 45.2 Å². The van der Waals surface area contributed by atoms with Gasteiger partial charge in [-0.1, -0.05) is 43.2 Å². The molecule has 5 aliphatic rings. The minimum absolute atomic E-state index is 0.00646. The van der Waals surface area contributed by atoms with E-state index in [0.29, 0.717) is 29.5 Å². The van der Waals surface area contributed by atoms with Crippen molar-refractivity contribution in [3.8, 4) is 17.2 Å². The molecule has 0 amide bonds. The highest BCUT2D eigenvalue weighted by molar-refractivity contribution is 5.65. The molecule has 210 valence electrons. The number of piperidine rings is 1. The Morgan fingerprint density at radius 1 is 1.08 bits per heavy atom. The molecule has 0 aromatic heterocycles. The van der Waals surface area contributed by atoms with Crippen molar-refractivity contribution >= 4 is 0 Å². The van der Waals surface area contributed by atoms with Gasteiger partial charge in [0, 0.05) is 41.2 Å². The van der Waals surface area contributed by atoms with E-state index in [2.05, 4.69) is 47.2 Å².